The maximum absolute atomic E-state index is 11.1. The Morgan fingerprint density at radius 3 is 2.94 bits per heavy atom. The number of esters is 1. The number of hydrogen-bond donors (Lipinski definition) is 0. The van der Waals surface area contributed by atoms with Gasteiger partial charge in [-0.15, -0.1) is 0 Å². The minimum absolute atomic E-state index is 0.187. The molecule has 0 bridgehead atoms. The summed E-state index contributed by atoms with van der Waals surface area (Å²) in [6, 6.07) is 8.03. The van der Waals surface area contributed by atoms with Crippen molar-refractivity contribution >= 4 is 16.7 Å². The lowest BCUT2D eigenvalue weighted by molar-refractivity contribution is -0.140. The molecule has 0 aliphatic carbocycles. The molecule has 1 aromatic carbocycles. The van der Waals surface area contributed by atoms with E-state index >= 15 is 0 Å². The lowest BCUT2D eigenvalue weighted by Gasteiger charge is -2.04. The van der Waals surface area contributed by atoms with E-state index in [1.807, 2.05) is 36.7 Å². The van der Waals surface area contributed by atoms with Gasteiger partial charge in [-0.1, -0.05) is 24.3 Å². The number of nitrogens with zero attached hydrogens (tertiary/aromatic N) is 1. The van der Waals surface area contributed by atoms with Gasteiger partial charge in [0.2, 0.25) is 0 Å². The highest BCUT2D eigenvalue weighted by molar-refractivity contribution is 5.85. The molecule has 0 spiro atoms. The highest BCUT2D eigenvalue weighted by Gasteiger charge is 2.04. The van der Waals surface area contributed by atoms with Crippen molar-refractivity contribution in [3.05, 3.63) is 42.2 Å². The second-order valence-electron chi connectivity index (χ2n) is 3.60. The lowest BCUT2D eigenvalue weighted by atomic mass is 10.0. The summed E-state index contributed by atoms with van der Waals surface area (Å²) in [4.78, 5) is 15.2. The smallest absolute Gasteiger partial charge is 0.305 e. The predicted octanol–water partition coefficient (Wildman–Crippen LogP) is 2.34. The van der Waals surface area contributed by atoms with E-state index in [1.54, 1.807) is 0 Å². The fourth-order valence-electron chi connectivity index (χ4n) is 1.72. The van der Waals surface area contributed by atoms with Crippen LogP contribution in [0, 0.1) is 0 Å². The van der Waals surface area contributed by atoms with Crippen molar-refractivity contribution in [2.24, 2.45) is 0 Å². The number of aromatic nitrogens is 1. The highest BCUT2D eigenvalue weighted by Crippen LogP contribution is 2.18. The largest absolute Gasteiger partial charge is 0.469 e. The van der Waals surface area contributed by atoms with Crippen LogP contribution >= 0.6 is 0 Å². The monoisotopic (exact) mass is 215 g/mol. The molecule has 0 amide bonds. The Morgan fingerprint density at radius 1 is 1.31 bits per heavy atom. The second-order valence-corrected chi connectivity index (χ2v) is 3.60. The molecule has 0 atom stereocenters. The molecule has 16 heavy (non-hydrogen) atoms. The standard InChI is InChI=1S/C13H13NO2/c1-16-13(15)7-6-11-9-14-8-10-4-2-3-5-12(10)11/h2-5,8-9H,6-7H2,1H3. The number of rotatable bonds is 3. The van der Waals surface area contributed by atoms with Gasteiger partial charge in [0.05, 0.1) is 7.11 Å². The molecule has 0 saturated carbocycles. The third-order valence-electron chi connectivity index (χ3n) is 2.58. The predicted molar refractivity (Wildman–Crippen MR) is 62.1 cm³/mol. The number of ether oxygens (including phenoxy) is 1. The maximum atomic E-state index is 11.1. The molecule has 0 radical (unpaired) electrons. The SMILES string of the molecule is COC(=O)CCc1cncc2ccccc12. The second kappa shape index (κ2) is 4.75. The molecule has 1 heterocycles. The molecule has 82 valence electrons. The van der Waals surface area contributed by atoms with E-state index in [-0.39, 0.29) is 5.97 Å². The number of pyridine rings is 1. The molecule has 2 aromatic rings. The van der Waals surface area contributed by atoms with Gasteiger partial charge in [0, 0.05) is 24.2 Å². The fourth-order valence-corrected chi connectivity index (χ4v) is 1.72. The number of hydrogen-bond acceptors (Lipinski definition) is 3. The molecular weight excluding hydrogens is 202 g/mol. The van der Waals surface area contributed by atoms with Gasteiger partial charge in [-0.2, -0.15) is 0 Å². The molecule has 3 heteroatoms. The van der Waals surface area contributed by atoms with E-state index in [4.69, 9.17) is 0 Å². The molecule has 0 aliphatic heterocycles. The summed E-state index contributed by atoms with van der Waals surface area (Å²) in [5, 5.41) is 2.26. The van der Waals surface area contributed by atoms with Gasteiger partial charge in [-0.05, 0) is 17.4 Å². The van der Waals surface area contributed by atoms with Crippen LogP contribution < -0.4 is 0 Å². The van der Waals surface area contributed by atoms with Gasteiger partial charge in [-0.3, -0.25) is 9.78 Å². The number of carbonyl (C=O) groups excluding carboxylic acids is 1. The van der Waals surface area contributed by atoms with Gasteiger partial charge >= 0.3 is 5.97 Å². The Labute approximate surface area is 94.1 Å². The van der Waals surface area contributed by atoms with E-state index in [9.17, 15) is 4.79 Å². The third-order valence-corrected chi connectivity index (χ3v) is 2.58. The van der Waals surface area contributed by atoms with E-state index in [0.717, 1.165) is 16.3 Å². The summed E-state index contributed by atoms with van der Waals surface area (Å²) >= 11 is 0. The van der Waals surface area contributed by atoms with Crippen LogP contribution in [0.3, 0.4) is 0 Å². The van der Waals surface area contributed by atoms with Gasteiger partial charge in [-0.25, -0.2) is 0 Å². The van der Waals surface area contributed by atoms with Gasteiger partial charge in [0.15, 0.2) is 0 Å². The molecule has 1 aromatic heterocycles. The zero-order chi connectivity index (χ0) is 11.4. The third kappa shape index (κ3) is 2.19. The summed E-state index contributed by atoms with van der Waals surface area (Å²) in [6.45, 7) is 0. The first kappa shape index (κ1) is 10.6. The minimum Gasteiger partial charge on any atom is -0.469 e. The quantitative estimate of drug-likeness (QED) is 0.738. The zero-order valence-corrected chi connectivity index (χ0v) is 9.14. The first-order valence-electron chi connectivity index (χ1n) is 5.19. The van der Waals surface area contributed by atoms with E-state index in [0.29, 0.717) is 12.8 Å². The van der Waals surface area contributed by atoms with Crippen LogP contribution in [0.2, 0.25) is 0 Å². The Morgan fingerprint density at radius 2 is 2.12 bits per heavy atom. The highest BCUT2D eigenvalue weighted by atomic mass is 16.5. The lowest BCUT2D eigenvalue weighted by Crippen LogP contribution is -2.02. The van der Waals surface area contributed by atoms with Crippen molar-refractivity contribution in [2.45, 2.75) is 12.8 Å². The van der Waals surface area contributed by atoms with Crippen LogP contribution in [0.5, 0.6) is 0 Å². The van der Waals surface area contributed by atoms with Gasteiger partial charge < -0.3 is 4.74 Å². The molecular formula is C13H13NO2. The summed E-state index contributed by atoms with van der Waals surface area (Å²) in [7, 11) is 1.41. The molecule has 3 nitrogen and oxygen atoms in total. The average Bonchev–Trinajstić information content (AvgIpc) is 2.35. The van der Waals surface area contributed by atoms with E-state index in [2.05, 4.69) is 9.72 Å². The molecule has 2 rings (SSSR count). The van der Waals surface area contributed by atoms with E-state index in [1.165, 1.54) is 7.11 Å². The van der Waals surface area contributed by atoms with Crippen molar-refractivity contribution in [2.75, 3.05) is 7.11 Å². The van der Waals surface area contributed by atoms with Crippen molar-refractivity contribution in [3.63, 3.8) is 0 Å². The summed E-state index contributed by atoms with van der Waals surface area (Å²) in [5.41, 5.74) is 1.09. The number of aryl methyl sites for hydroxylation is 1. The van der Waals surface area contributed by atoms with Gasteiger partial charge in [0.25, 0.3) is 0 Å². The van der Waals surface area contributed by atoms with Crippen LogP contribution in [-0.2, 0) is 16.0 Å². The van der Waals surface area contributed by atoms with Gasteiger partial charge in [0.1, 0.15) is 0 Å². The normalized spacial score (nSPS) is 10.3. The minimum atomic E-state index is -0.187. The maximum Gasteiger partial charge on any atom is 0.305 e. The first-order chi connectivity index (χ1) is 7.81. The average molecular weight is 215 g/mol. The molecule has 0 fully saturated rings. The molecule has 0 unspecified atom stereocenters. The Kier molecular flexibility index (Phi) is 3.15. The van der Waals surface area contributed by atoms with Crippen molar-refractivity contribution in [1.82, 2.24) is 4.98 Å². The van der Waals surface area contributed by atoms with Crippen molar-refractivity contribution in [3.8, 4) is 0 Å². The topological polar surface area (TPSA) is 39.2 Å². The molecule has 0 saturated heterocycles. The molecule has 0 aliphatic rings. The van der Waals surface area contributed by atoms with Crippen molar-refractivity contribution in [1.29, 1.82) is 0 Å². The van der Waals surface area contributed by atoms with Crippen LogP contribution in [0.15, 0.2) is 36.7 Å². The van der Waals surface area contributed by atoms with Crippen LogP contribution in [-0.4, -0.2) is 18.1 Å². The Bertz CT molecular complexity index is 503. The zero-order valence-electron chi connectivity index (χ0n) is 9.14. The number of benzene rings is 1. The summed E-state index contributed by atoms with van der Waals surface area (Å²) < 4.78 is 4.62. The van der Waals surface area contributed by atoms with Crippen LogP contribution in [0.1, 0.15) is 12.0 Å². The number of carbonyl (C=O) groups is 1. The fraction of sp³-hybridized carbons (Fsp3) is 0.231. The Hall–Kier alpha value is -1.90. The summed E-state index contributed by atoms with van der Waals surface area (Å²) in [6.07, 6.45) is 4.70. The van der Waals surface area contributed by atoms with Crippen LogP contribution in [0.25, 0.3) is 10.8 Å². The van der Waals surface area contributed by atoms with Crippen molar-refractivity contribution < 1.29 is 9.53 Å². The number of methoxy groups -OCH3 is 1. The van der Waals surface area contributed by atoms with E-state index < -0.39 is 0 Å². The Balaban J connectivity index is 2.27. The molecule has 0 N–H and O–H groups in total. The summed E-state index contributed by atoms with van der Waals surface area (Å²) in [5.74, 6) is -0.187. The van der Waals surface area contributed by atoms with Crippen LogP contribution in [0.4, 0.5) is 0 Å². The number of fused-ring (bicyclic) bond motifs is 1. The first-order valence-corrected chi connectivity index (χ1v) is 5.19.